The zero-order valence-corrected chi connectivity index (χ0v) is 20.3. The first kappa shape index (κ1) is 23.5. The van der Waals surface area contributed by atoms with E-state index in [-0.39, 0.29) is 42.2 Å². The van der Waals surface area contributed by atoms with Crippen molar-refractivity contribution < 1.29 is 9.53 Å². The van der Waals surface area contributed by atoms with E-state index in [9.17, 15) is 4.79 Å². The summed E-state index contributed by atoms with van der Waals surface area (Å²) in [5.41, 5.74) is -0.434. The van der Waals surface area contributed by atoms with Gasteiger partial charge in [-0.3, -0.25) is 4.99 Å². The molecule has 28 heavy (non-hydrogen) atoms. The molecule has 7 heteroatoms. The first-order valence-electron chi connectivity index (χ1n) is 10.9. The van der Waals surface area contributed by atoms with Crippen LogP contribution < -0.4 is 10.6 Å². The van der Waals surface area contributed by atoms with Crippen LogP contribution in [0.5, 0.6) is 0 Å². The van der Waals surface area contributed by atoms with E-state index in [4.69, 9.17) is 9.73 Å². The number of fused-ring (bicyclic) bond motifs is 2. The van der Waals surface area contributed by atoms with Gasteiger partial charge >= 0.3 is 6.09 Å². The van der Waals surface area contributed by atoms with Crippen molar-refractivity contribution in [2.24, 2.45) is 10.9 Å². The summed E-state index contributed by atoms with van der Waals surface area (Å²) in [4.78, 5) is 19.4. The van der Waals surface area contributed by atoms with Gasteiger partial charge in [0.1, 0.15) is 5.60 Å². The summed E-state index contributed by atoms with van der Waals surface area (Å²) in [5, 5.41) is 7.01. The van der Waals surface area contributed by atoms with Gasteiger partial charge in [0, 0.05) is 31.2 Å². The number of carbonyl (C=O) groups excluding carboxylic acids is 1. The second kappa shape index (κ2) is 10.3. The Balaban J connectivity index is 0.00000280. The number of hydrogen-bond donors (Lipinski definition) is 2. The summed E-state index contributed by atoms with van der Waals surface area (Å²) in [6.45, 7) is 9.68. The molecule has 3 aliphatic rings. The zero-order valence-electron chi connectivity index (χ0n) is 18.0. The highest BCUT2D eigenvalue weighted by molar-refractivity contribution is 14.0. The molecule has 3 rings (SSSR count). The molecule has 0 aromatic heterocycles. The van der Waals surface area contributed by atoms with E-state index >= 15 is 0 Å². The van der Waals surface area contributed by atoms with Gasteiger partial charge in [-0.2, -0.15) is 0 Å². The number of amides is 1. The van der Waals surface area contributed by atoms with Crippen LogP contribution in [-0.2, 0) is 4.74 Å². The van der Waals surface area contributed by atoms with Gasteiger partial charge in [-0.1, -0.05) is 12.8 Å². The topological polar surface area (TPSA) is 66.0 Å². The largest absolute Gasteiger partial charge is 0.444 e. The fourth-order valence-corrected chi connectivity index (χ4v) is 4.40. The molecular weight excluding hydrogens is 467 g/mol. The molecule has 1 amide bonds. The normalized spacial score (nSPS) is 27.2. The Morgan fingerprint density at radius 2 is 1.79 bits per heavy atom. The molecule has 2 heterocycles. The van der Waals surface area contributed by atoms with Gasteiger partial charge in [-0.05, 0) is 72.1 Å². The van der Waals surface area contributed by atoms with Gasteiger partial charge in [0.25, 0.3) is 0 Å². The third-order valence-electron chi connectivity index (χ3n) is 5.76. The van der Waals surface area contributed by atoms with Gasteiger partial charge < -0.3 is 20.3 Å². The van der Waals surface area contributed by atoms with Gasteiger partial charge in [-0.15, -0.1) is 24.0 Å². The molecule has 6 nitrogen and oxygen atoms in total. The smallest absolute Gasteiger partial charge is 0.410 e. The van der Waals surface area contributed by atoms with Crippen LogP contribution in [0, 0.1) is 5.92 Å². The molecule has 1 saturated carbocycles. The first-order valence-corrected chi connectivity index (χ1v) is 10.9. The Labute approximate surface area is 187 Å². The van der Waals surface area contributed by atoms with Crippen LogP contribution in [0.4, 0.5) is 4.79 Å². The number of piperidine rings is 1. The maximum atomic E-state index is 12.6. The highest BCUT2D eigenvalue weighted by Crippen LogP contribution is 2.37. The number of nitrogens with one attached hydrogen (secondary N) is 2. The molecular formula is C21H39IN4O2. The number of halogens is 1. The molecule has 0 spiro atoms. The summed E-state index contributed by atoms with van der Waals surface area (Å²) in [6, 6.07) is 0.949. The number of rotatable bonds is 6. The summed E-state index contributed by atoms with van der Waals surface area (Å²) >= 11 is 0. The number of aliphatic imine (C=N–C) groups is 1. The van der Waals surface area contributed by atoms with E-state index in [1.165, 1.54) is 25.7 Å². The van der Waals surface area contributed by atoms with Crippen LogP contribution >= 0.6 is 24.0 Å². The molecule has 1 aliphatic carbocycles. The first-order chi connectivity index (χ1) is 12.9. The quantitative estimate of drug-likeness (QED) is 0.244. The molecule has 3 fully saturated rings. The minimum atomic E-state index is -0.434. The van der Waals surface area contributed by atoms with E-state index in [0.29, 0.717) is 6.04 Å². The lowest BCUT2D eigenvalue weighted by Crippen LogP contribution is -2.55. The van der Waals surface area contributed by atoms with Gasteiger partial charge in [0.15, 0.2) is 5.96 Å². The predicted molar refractivity (Wildman–Crippen MR) is 124 cm³/mol. The molecule has 0 radical (unpaired) electrons. The van der Waals surface area contributed by atoms with Crippen LogP contribution in [0.25, 0.3) is 0 Å². The second-order valence-corrected chi connectivity index (χ2v) is 9.43. The Kier molecular flexibility index (Phi) is 8.70. The third-order valence-corrected chi connectivity index (χ3v) is 5.76. The van der Waals surface area contributed by atoms with Crippen LogP contribution in [0.3, 0.4) is 0 Å². The van der Waals surface area contributed by atoms with Gasteiger partial charge in [0.2, 0.25) is 0 Å². The standard InChI is InChI=1S/C21H38N4O2.HI/c1-5-22-19(23-12-6-7-15-8-9-15)24-16-13-17-10-11-18(14-16)25(17)20(26)27-21(2,3)4;/h15-18H,5-14H2,1-4H3,(H2,22,23,24);1H. The van der Waals surface area contributed by atoms with Crippen molar-refractivity contribution in [1.82, 2.24) is 15.5 Å². The number of hydrogen-bond acceptors (Lipinski definition) is 3. The van der Waals surface area contributed by atoms with Crippen molar-refractivity contribution in [3.8, 4) is 0 Å². The SMILES string of the molecule is CCNC(=NCCCC1CC1)NC1CC2CCC(C1)N2C(=O)OC(C)(C)C.I. The van der Waals surface area contributed by atoms with E-state index in [0.717, 1.165) is 50.7 Å². The lowest BCUT2D eigenvalue weighted by molar-refractivity contribution is 0.00545. The average molecular weight is 506 g/mol. The lowest BCUT2D eigenvalue weighted by Gasteiger charge is -2.40. The molecule has 2 aliphatic heterocycles. The van der Waals surface area contributed by atoms with E-state index in [2.05, 4.69) is 17.6 Å². The number of guanidine groups is 1. The lowest BCUT2D eigenvalue weighted by atomic mass is 9.98. The molecule has 162 valence electrons. The third kappa shape index (κ3) is 6.95. The maximum absolute atomic E-state index is 12.6. The van der Waals surface area contributed by atoms with Gasteiger partial charge in [-0.25, -0.2) is 4.79 Å². The minimum Gasteiger partial charge on any atom is -0.444 e. The highest BCUT2D eigenvalue weighted by atomic mass is 127. The monoisotopic (exact) mass is 506 g/mol. The molecule has 2 atom stereocenters. The number of carbonyl (C=O) groups is 1. The molecule has 0 aromatic carbocycles. The molecule has 2 bridgehead atoms. The molecule has 2 saturated heterocycles. The summed E-state index contributed by atoms with van der Waals surface area (Å²) in [7, 11) is 0. The fraction of sp³-hybridized carbons (Fsp3) is 0.905. The Morgan fingerprint density at radius 1 is 1.14 bits per heavy atom. The Bertz CT molecular complexity index is 531. The molecule has 2 N–H and O–H groups in total. The van der Waals surface area contributed by atoms with Gasteiger partial charge in [0.05, 0.1) is 0 Å². The Morgan fingerprint density at radius 3 is 2.32 bits per heavy atom. The minimum absolute atomic E-state index is 0. The summed E-state index contributed by atoms with van der Waals surface area (Å²) in [6.07, 6.45) is 9.31. The van der Waals surface area contributed by atoms with Crippen LogP contribution in [0.2, 0.25) is 0 Å². The van der Waals surface area contributed by atoms with Crippen molar-refractivity contribution in [3.63, 3.8) is 0 Å². The van der Waals surface area contributed by atoms with E-state index in [1.807, 2.05) is 25.7 Å². The Hall–Kier alpha value is -0.730. The van der Waals surface area contributed by atoms with E-state index < -0.39 is 5.60 Å². The molecule has 2 unspecified atom stereocenters. The van der Waals surface area contributed by atoms with Crippen molar-refractivity contribution in [2.45, 2.75) is 103 Å². The van der Waals surface area contributed by atoms with Crippen LogP contribution in [0.1, 0.15) is 79.1 Å². The van der Waals surface area contributed by atoms with Crippen molar-refractivity contribution in [3.05, 3.63) is 0 Å². The average Bonchev–Trinajstić information content (AvgIpc) is 3.34. The number of nitrogens with zero attached hydrogens (tertiary/aromatic N) is 2. The maximum Gasteiger partial charge on any atom is 0.410 e. The summed E-state index contributed by atoms with van der Waals surface area (Å²) < 4.78 is 5.63. The predicted octanol–water partition coefficient (Wildman–Crippen LogP) is 4.28. The highest BCUT2D eigenvalue weighted by Gasteiger charge is 2.45. The zero-order chi connectivity index (χ0) is 19.4. The van der Waals surface area contributed by atoms with E-state index in [1.54, 1.807) is 0 Å². The van der Waals surface area contributed by atoms with Crippen LogP contribution in [0.15, 0.2) is 4.99 Å². The molecule has 0 aromatic rings. The number of ether oxygens (including phenoxy) is 1. The van der Waals surface area contributed by atoms with Crippen LogP contribution in [-0.4, -0.2) is 53.8 Å². The van der Waals surface area contributed by atoms with Crippen molar-refractivity contribution in [2.75, 3.05) is 13.1 Å². The second-order valence-electron chi connectivity index (χ2n) is 9.43. The fourth-order valence-electron chi connectivity index (χ4n) is 4.40. The summed E-state index contributed by atoms with van der Waals surface area (Å²) in [5.74, 6) is 1.91. The van der Waals surface area contributed by atoms with Crippen molar-refractivity contribution in [1.29, 1.82) is 0 Å². The van der Waals surface area contributed by atoms with Crippen molar-refractivity contribution >= 4 is 36.0 Å².